The van der Waals surface area contributed by atoms with Crippen molar-refractivity contribution in [3.05, 3.63) is 11.6 Å². The lowest BCUT2D eigenvalue weighted by molar-refractivity contribution is -0.279. The first-order valence-electron chi connectivity index (χ1n) is 14.1. The normalized spacial score (nSPS) is 58.0. The van der Waals surface area contributed by atoms with Gasteiger partial charge in [0.15, 0.2) is 0 Å². The summed E-state index contributed by atoms with van der Waals surface area (Å²) in [6.45, 7) is 14.7. The van der Waals surface area contributed by atoms with Crippen molar-refractivity contribution in [2.45, 2.75) is 117 Å². The zero-order valence-corrected chi connectivity index (χ0v) is 23.2. The molecular weight excluding hydrogens is 456 g/mol. The number of carboxylic acid groups (broad SMARTS) is 1. The van der Waals surface area contributed by atoms with Crippen molar-refractivity contribution in [3.8, 4) is 0 Å². The maximum absolute atomic E-state index is 12.8. The number of hydrogen-bond acceptors (Lipinski definition) is 5. The molecule has 0 aromatic carbocycles. The highest BCUT2D eigenvalue weighted by Gasteiger charge is 2.73. The van der Waals surface area contributed by atoms with Gasteiger partial charge >= 0.3 is 5.97 Å². The highest BCUT2D eigenvalue weighted by atomic mass is 16.4. The Hall–Kier alpha value is -0.950. The molecule has 5 N–H and O–H groups in total. The van der Waals surface area contributed by atoms with E-state index < -0.39 is 52.0 Å². The first kappa shape index (κ1) is 26.6. The summed E-state index contributed by atoms with van der Waals surface area (Å²) in [5, 5.41) is 55.9. The molecular formula is C30H48O6. The van der Waals surface area contributed by atoms with Crippen molar-refractivity contribution in [3.63, 3.8) is 0 Å². The summed E-state index contributed by atoms with van der Waals surface area (Å²) < 4.78 is 0. The Morgan fingerprint density at radius 2 is 1.53 bits per heavy atom. The molecule has 4 fully saturated rings. The number of aliphatic hydroxyl groups is 4. The van der Waals surface area contributed by atoms with Gasteiger partial charge in [0.1, 0.15) is 6.10 Å². The molecule has 0 spiro atoms. The van der Waals surface area contributed by atoms with Crippen LogP contribution < -0.4 is 0 Å². The number of rotatable bonds is 1. The fourth-order valence-corrected chi connectivity index (χ4v) is 10.9. The topological polar surface area (TPSA) is 118 Å². The van der Waals surface area contributed by atoms with Crippen molar-refractivity contribution in [2.75, 3.05) is 0 Å². The minimum atomic E-state index is -1.20. The number of carboxylic acids is 1. The van der Waals surface area contributed by atoms with Crippen molar-refractivity contribution in [2.24, 2.45) is 50.7 Å². The molecule has 0 aromatic heterocycles. The molecule has 6 heteroatoms. The summed E-state index contributed by atoms with van der Waals surface area (Å²) in [5.41, 5.74) is -2.63. The van der Waals surface area contributed by atoms with E-state index >= 15 is 0 Å². The Kier molecular flexibility index (Phi) is 5.61. The molecule has 0 bridgehead atoms. The van der Waals surface area contributed by atoms with E-state index in [1.807, 2.05) is 27.7 Å². The first-order chi connectivity index (χ1) is 16.4. The average Bonchev–Trinajstić information content (AvgIpc) is 2.79. The van der Waals surface area contributed by atoms with Crippen LogP contribution in [0.25, 0.3) is 0 Å². The van der Waals surface area contributed by atoms with E-state index in [0.29, 0.717) is 25.7 Å². The molecule has 0 amide bonds. The lowest BCUT2D eigenvalue weighted by atomic mass is 9.32. The number of allylic oxidation sites excluding steroid dienone is 1. The minimum absolute atomic E-state index is 0.00890. The Morgan fingerprint density at radius 3 is 2.14 bits per heavy atom. The van der Waals surface area contributed by atoms with Gasteiger partial charge in [-0.15, -0.1) is 0 Å². The van der Waals surface area contributed by atoms with Crippen LogP contribution in [0.5, 0.6) is 0 Å². The van der Waals surface area contributed by atoms with Crippen LogP contribution in [0.3, 0.4) is 0 Å². The number of aliphatic hydroxyl groups excluding tert-OH is 3. The van der Waals surface area contributed by atoms with Crippen LogP contribution >= 0.6 is 0 Å². The van der Waals surface area contributed by atoms with Crippen molar-refractivity contribution < 1.29 is 30.3 Å². The molecule has 204 valence electrons. The van der Waals surface area contributed by atoms with Crippen molar-refractivity contribution in [1.82, 2.24) is 0 Å². The summed E-state index contributed by atoms with van der Waals surface area (Å²) in [6.07, 6.45) is 4.02. The molecule has 5 rings (SSSR count). The summed E-state index contributed by atoms with van der Waals surface area (Å²) >= 11 is 0. The van der Waals surface area contributed by atoms with Crippen LogP contribution in [0.15, 0.2) is 11.6 Å². The fraction of sp³-hybridized carbons (Fsp3) is 0.900. The molecule has 5 aliphatic carbocycles. The molecule has 0 radical (unpaired) electrons. The zero-order valence-electron chi connectivity index (χ0n) is 23.2. The largest absolute Gasteiger partial charge is 0.481 e. The highest BCUT2D eigenvalue weighted by molar-refractivity contribution is 5.77. The van der Waals surface area contributed by atoms with E-state index in [-0.39, 0.29) is 28.6 Å². The van der Waals surface area contributed by atoms with Gasteiger partial charge in [-0.1, -0.05) is 53.2 Å². The van der Waals surface area contributed by atoms with Gasteiger partial charge in [0.05, 0.1) is 23.2 Å². The Balaban J connectivity index is 1.67. The lowest BCUT2D eigenvalue weighted by Crippen LogP contribution is -2.72. The summed E-state index contributed by atoms with van der Waals surface area (Å²) in [4.78, 5) is 12.8. The molecule has 5 aliphatic rings. The predicted molar refractivity (Wildman–Crippen MR) is 137 cm³/mol. The van der Waals surface area contributed by atoms with Gasteiger partial charge in [0.25, 0.3) is 0 Å². The molecule has 0 heterocycles. The van der Waals surface area contributed by atoms with Gasteiger partial charge in [0.2, 0.25) is 0 Å². The molecule has 6 nitrogen and oxygen atoms in total. The van der Waals surface area contributed by atoms with Crippen molar-refractivity contribution in [1.29, 1.82) is 0 Å². The SMILES string of the molecule is C[C@H]1CC[C@@]2(C(=O)O)CC[C@@]3(C)C(=CC[C@H]4[C@]5(C)C(O)C(O)C(O)C(C)(C)C5CC[C@@]43C)[C@H]2[C@@]1(C)O. The molecule has 0 aromatic rings. The molecule has 0 aliphatic heterocycles. The van der Waals surface area contributed by atoms with E-state index in [2.05, 4.69) is 26.8 Å². The van der Waals surface area contributed by atoms with Gasteiger partial charge in [0, 0.05) is 11.3 Å². The van der Waals surface area contributed by atoms with E-state index in [1.54, 1.807) is 0 Å². The number of hydrogen-bond donors (Lipinski definition) is 5. The molecule has 12 atom stereocenters. The van der Waals surface area contributed by atoms with Crippen LogP contribution in [-0.4, -0.2) is 55.4 Å². The van der Waals surface area contributed by atoms with Gasteiger partial charge in [-0.05, 0) is 85.9 Å². The van der Waals surface area contributed by atoms with Crippen molar-refractivity contribution >= 4 is 5.97 Å². The van der Waals surface area contributed by atoms with Crippen LogP contribution in [-0.2, 0) is 4.79 Å². The van der Waals surface area contributed by atoms with Gasteiger partial charge in [-0.25, -0.2) is 0 Å². The highest BCUT2D eigenvalue weighted by Crippen LogP contribution is 2.76. The van der Waals surface area contributed by atoms with Gasteiger partial charge in [-0.3, -0.25) is 4.79 Å². The molecule has 0 saturated heterocycles. The van der Waals surface area contributed by atoms with Gasteiger partial charge in [-0.2, -0.15) is 0 Å². The van der Waals surface area contributed by atoms with E-state index in [0.717, 1.165) is 24.8 Å². The third-order valence-corrected chi connectivity index (χ3v) is 13.6. The Bertz CT molecular complexity index is 986. The standard InChI is InChI=1S/C30H48O6/c1-16-10-13-30(24(34)35)15-14-26(4)17(21(30)29(16,7)36)8-9-19-27(26,5)12-11-18-25(2,3)22(32)20(31)23(33)28(18,19)6/h8,16,18-23,31-33,36H,9-15H2,1-7H3,(H,34,35)/t16-,18?,19+,20?,21-,22?,23?,26-,27-,28+,29-,30+/m0/s1. The summed E-state index contributed by atoms with van der Waals surface area (Å²) in [7, 11) is 0. The van der Waals surface area contributed by atoms with Crippen LogP contribution in [0, 0.1) is 50.7 Å². The number of fused-ring (bicyclic) bond motifs is 7. The lowest BCUT2D eigenvalue weighted by Gasteiger charge is -2.72. The summed E-state index contributed by atoms with van der Waals surface area (Å²) in [5.74, 6) is -1.10. The molecule has 4 unspecified atom stereocenters. The van der Waals surface area contributed by atoms with Crippen LogP contribution in [0.2, 0.25) is 0 Å². The third kappa shape index (κ3) is 2.80. The second-order valence-electron chi connectivity index (χ2n) is 14.9. The zero-order chi connectivity index (χ0) is 26.9. The average molecular weight is 505 g/mol. The van der Waals surface area contributed by atoms with Crippen LogP contribution in [0.4, 0.5) is 0 Å². The van der Waals surface area contributed by atoms with E-state index in [4.69, 9.17) is 0 Å². The Labute approximate surface area is 216 Å². The predicted octanol–water partition coefficient (Wildman–Crippen LogP) is 4.15. The number of carbonyl (C=O) groups is 1. The monoisotopic (exact) mass is 504 g/mol. The van der Waals surface area contributed by atoms with E-state index in [9.17, 15) is 30.3 Å². The maximum Gasteiger partial charge on any atom is 0.310 e. The minimum Gasteiger partial charge on any atom is -0.481 e. The van der Waals surface area contributed by atoms with E-state index in [1.165, 1.54) is 0 Å². The molecule has 4 saturated carbocycles. The molecule has 36 heavy (non-hydrogen) atoms. The second-order valence-corrected chi connectivity index (χ2v) is 14.9. The quantitative estimate of drug-likeness (QED) is 0.343. The second kappa shape index (κ2) is 7.58. The van der Waals surface area contributed by atoms with Crippen LogP contribution in [0.1, 0.15) is 93.4 Å². The fourth-order valence-electron chi connectivity index (χ4n) is 10.9. The Morgan fingerprint density at radius 1 is 0.889 bits per heavy atom. The first-order valence-corrected chi connectivity index (χ1v) is 14.1. The smallest absolute Gasteiger partial charge is 0.310 e. The summed E-state index contributed by atoms with van der Waals surface area (Å²) in [6, 6.07) is 0. The number of aliphatic carboxylic acids is 1. The van der Waals surface area contributed by atoms with Gasteiger partial charge < -0.3 is 25.5 Å². The maximum atomic E-state index is 12.8. The third-order valence-electron chi connectivity index (χ3n) is 13.6.